The zero-order valence-corrected chi connectivity index (χ0v) is 6.08. The number of rotatable bonds is 1. The van der Waals surface area contributed by atoms with Crippen LogP contribution in [0.3, 0.4) is 0 Å². The molecule has 0 spiro atoms. The Labute approximate surface area is 61.4 Å². The molecule has 0 bridgehead atoms. The van der Waals surface area contributed by atoms with Gasteiger partial charge in [0.2, 0.25) is 0 Å². The predicted octanol–water partition coefficient (Wildman–Crippen LogP) is 1.14. The molecule has 1 saturated heterocycles. The fourth-order valence-electron chi connectivity index (χ4n) is 1.91. The van der Waals surface area contributed by atoms with Crippen LogP contribution in [0.4, 0.5) is 0 Å². The van der Waals surface area contributed by atoms with Crippen molar-refractivity contribution >= 4 is 0 Å². The van der Waals surface area contributed by atoms with Crippen LogP contribution in [0.5, 0.6) is 0 Å². The van der Waals surface area contributed by atoms with Crippen molar-refractivity contribution in [3.63, 3.8) is 0 Å². The Bertz CT molecular complexity index is 165. The third-order valence-electron chi connectivity index (χ3n) is 2.59. The molecule has 0 aromatic carbocycles. The molecule has 2 atom stereocenters. The lowest BCUT2D eigenvalue weighted by Gasteiger charge is -2.08. The highest BCUT2D eigenvalue weighted by Gasteiger charge is 2.40. The number of nitriles is 1. The van der Waals surface area contributed by atoms with E-state index in [1.54, 1.807) is 0 Å². The summed E-state index contributed by atoms with van der Waals surface area (Å²) in [5.74, 6) is 0. The van der Waals surface area contributed by atoms with Crippen LogP contribution in [-0.4, -0.2) is 23.5 Å². The van der Waals surface area contributed by atoms with Crippen molar-refractivity contribution in [3.8, 4) is 6.07 Å². The van der Waals surface area contributed by atoms with E-state index >= 15 is 0 Å². The zero-order chi connectivity index (χ0) is 6.97. The first-order valence-corrected chi connectivity index (χ1v) is 4.07. The van der Waals surface area contributed by atoms with Gasteiger partial charge in [-0.05, 0) is 12.8 Å². The molecule has 0 radical (unpaired) electrons. The van der Waals surface area contributed by atoms with Crippen LogP contribution < -0.4 is 0 Å². The van der Waals surface area contributed by atoms with Gasteiger partial charge in [-0.15, -0.1) is 0 Å². The number of hydrogen-bond donors (Lipinski definition) is 0. The monoisotopic (exact) mass is 136 g/mol. The fourth-order valence-corrected chi connectivity index (χ4v) is 1.91. The van der Waals surface area contributed by atoms with E-state index in [1.807, 2.05) is 0 Å². The summed E-state index contributed by atoms with van der Waals surface area (Å²) in [4.78, 5) is 2.33. The normalized spacial score (nSPS) is 39.5. The Morgan fingerprint density at radius 3 is 2.50 bits per heavy atom. The molecule has 1 heterocycles. The smallest absolute Gasteiger partial charge is 0.111 e. The van der Waals surface area contributed by atoms with Gasteiger partial charge in [-0.2, -0.15) is 5.26 Å². The first kappa shape index (κ1) is 6.18. The van der Waals surface area contributed by atoms with Gasteiger partial charge in [0.05, 0.1) is 6.07 Å². The van der Waals surface area contributed by atoms with Gasteiger partial charge in [0.25, 0.3) is 0 Å². The Hall–Kier alpha value is -0.550. The maximum absolute atomic E-state index is 8.55. The quantitative estimate of drug-likeness (QED) is 0.505. The molecule has 54 valence electrons. The van der Waals surface area contributed by atoms with Crippen molar-refractivity contribution in [2.24, 2.45) is 0 Å². The third-order valence-corrected chi connectivity index (χ3v) is 2.59. The minimum atomic E-state index is 0.281. The Morgan fingerprint density at radius 1 is 1.30 bits per heavy atom. The number of nitrogens with zero attached hydrogens (tertiary/aromatic N) is 2. The van der Waals surface area contributed by atoms with Gasteiger partial charge in [-0.3, -0.25) is 4.90 Å². The zero-order valence-electron chi connectivity index (χ0n) is 6.08. The van der Waals surface area contributed by atoms with Crippen LogP contribution in [-0.2, 0) is 0 Å². The van der Waals surface area contributed by atoms with Crippen LogP contribution in [0, 0.1) is 11.3 Å². The molecule has 1 saturated carbocycles. The first-order valence-electron chi connectivity index (χ1n) is 4.07. The van der Waals surface area contributed by atoms with Gasteiger partial charge in [0.1, 0.15) is 6.04 Å². The second-order valence-electron chi connectivity index (χ2n) is 3.28. The van der Waals surface area contributed by atoms with Gasteiger partial charge >= 0.3 is 0 Å². The summed E-state index contributed by atoms with van der Waals surface area (Å²) in [7, 11) is 0. The molecule has 2 unspecified atom stereocenters. The maximum Gasteiger partial charge on any atom is 0.111 e. The summed E-state index contributed by atoms with van der Waals surface area (Å²) in [5, 5.41) is 8.55. The lowest BCUT2D eigenvalue weighted by atomic mass is 10.2. The summed E-state index contributed by atoms with van der Waals surface area (Å²) in [6.07, 6.45) is 5.41. The van der Waals surface area contributed by atoms with Crippen LogP contribution in [0.25, 0.3) is 0 Å². The Morgan fingerprint density at radius 2 is 2.00 bits per heavy atom. The molecule has 2 rings (SSSR count). The second-order valence-corrected chi connectivity index (χ2v) is 3.28. The Balaban J connectivity index is 1.86. The summed E-state index contributed by atoms with van der Waals surface area (Å²) < 4.78 is 0. The van der Waals surface area contributed by atoms with E-state index in [2.05, 4.69) is 11.0 Å². The lowest BCUT2D eigenvalue weighted by Crippen LogP contribution is -2.15. The van der Waals surface area contributed by atoms with E-state index < -0.39 is 0 Å². The molecule has 1 aliphatic carbocycles. The van der Waals surface area contributed by atoms with E-state index in [9.17, 15) is 0 Å². The van der Waals surface area contributed by atoms with Crippen molar-refractivity contribution in [1.82, 2.24) is 4.90 Å². The van der Waals surface area contributed by atoms with E-state index in [1.165, 1.54) is 25.7 Å². The van der Waals surface area contributed by atoms with Crippen molar-refractivity contribution < 1.29 is 0 Å². The van der Waals surface area contributed by atoms with E-state index in [4.69, 9.17) is 5.26 Å². The summed E-state index contributed by atoms with van der Waals surface area (Å²) in [5.41, 5.74) is 0. The van der Waals surface area contributed by atoms with Crippen molar-refractivity contribution in [2.45, 2.75) is 37.8 Å². The predicted molar refractivity (Wildman–Crippen MR) is 38.4 cm³/mol. The highest BCUT2D eigenvalue weighted by molar-refractivity contribution is 5.08. The van der Waals surface area contributed by atoms with E-state index in [0.29, 0.717) is 0 Å². The SMILES string of the molecule is N#CC1CN1C1CCCC1. The van der Waals surface area contributed by atoms with Crippen molar-refractivity contribution in [3.05, 3.63) is 0 Å². The average molecular weight is 136 g/mol. The standard InChI is InChI=1S/C8H12N2/c9-5-8-6-10(8)7-3-1-2-4-7/h7-8H,1-4,6H2. The average Bonchev–Trinajstić information content (AvgIpc) is 2.56. The summed E-state index contributed by atoms with van der Waals surface area (Å²) >= 11 is 0. The molecule has 0 N–H and O–H groups in total. The van der Waals surface area contributed by atoms with Crippen molar-refractivity contribution in [2.75, 3.05) is 6.54 Å². The molecule has 0 amide bonds. The molecule has 0 aromatic rings. The first-order chi connectivity index (χ1) is 4.92. The summed E-state index contributed by atoms with van der Waals surface area (Å²) in [6.45, 7) is 1.04. The third kappa shape index (κ3) is 0.911. The maximum atomic E-state index is 8.55. The largest absolute Gasteiger partial charge is 0.281 e. The highest BCUT2D eigenvalue weighted by atomic mass is 15.3. The second kappa shape index (κ2) is 2.25. The highest BCUT2D eigenvalue weighted by Crippen LogP contribution is 2.31. The minimum absolute atomic E-state index is 0.281. The van der Waals surface area contributed by atoms with Crippen LogP contribution in [0.2, 0.25) is 0 Å². The Kier molecular flexibility index (Phi) is 1.39. The molecule has 10 heavy (non-hydrogen) atoms. The van der Waals surface area contributed by atoms with E-state index in [0.717, 1.165) is 12.6 Å². The topological polar surface area (TPSA) is 26.8 Å². The molecular weight excluding hydrogens is 124 g/mol. The molecule has 2 fully saturated rings. The lowest BCUT2D eigenvalue weighted by molar-refractivity contribution is 0.392. The number of hydrogen-bond acceptors (Lipinski definition) is 2. The molecule has 2 aliphatic rings. The van der Waals surface area contributed by atoms with E-state index in [-0.39, 0.29) is 6.04 Å². The van der Waals surface area contributed by atoms with Gasteiger partial charge in [-0.25, -0.2) is 0 Å². The van der Waals surface area contributed by atoms with Crippen LogP contribution in [0.15, 0.2) is 0 Å². The van der Waals surface area contributed by atoms with Crippen molar-refractivity contribution in [1.29, 1.82) is 5.26 Å². The summed E-state index contributed by atoms with van der Waals surface area (Å²) in [6, 6.07) is 3.34. The molecule has 1 aliphatic heterocycles. The molecule has 2 heteroatoms. The van der Waals surface area contributed by atoms with Gasteiger partial charge in [-0.1, -0.05) is 12.8 Å². The fraction of sp³-hybridized carbons (Fsp3) is 0.875. The van der Waals surface area contributed by atoms with Crippen LogP contribution in [0.1, 0.15) is 25.7 Å². The molecule has 0 aromatic heterocycles. The minimum Gasteiger partial charge on any atom is -0.281 e. The van der Waals surface area contributed by atoms with Crippen LogP contribution >= 0.6 is 0 Å². The molecule has 2 nitrogen and oxygen atoms in total. The van der Waals surface area contributed by atoms with Gasteiger partial charge in [0.15, 0.2) is 0 Å². The van der Waals surface area contributed by atoms with Gasteiger partial charge in [0, 0.05) is 12.6 Å². The van der Waals surface area contributed by atoms with Gasteiger partial charge < -0.3 is 0 Å². The molecular formula is C8H12N2.